The molecule has 0 atom stereocenters. The summed E-state index contributed by atoms with van der Waals surface area (Å²) in [4.78, 5) is 0. The maximum atomic E-state index is 6.31. The van der Waals surface area contributed by atoms with Gasteiger partial charge >= 0.3 is 0 Å². The first-order valence-corrected chi connectivity index (χ1v) is 17.1. The highest BCUT2D eigenvalue weighted by Crippen LogP contribution is 2.38. The molecule has 0 N–H and O–H groups in total. The second kappa shape index (κ2) is 11.5. The van der Waals surface area contributed by atoms with Crippen LogP contribution >= 0.6 is 0 Å². The maximum absolute atomic E-state index is 6.31. The fraction of sp³-hybridized carbons (Fsp3) is 0. The van der Waals surface area contributed by atoms with Gasteiger partial charge in [-0.15, -0.1) is 0 Å². The summed E-state index contributed by atoms with van der Waals surface area (Å²) in [5.74, 6) is 0. The van der Waals surface area contributed by atoms with E-state index in [0.29, 0.717) is 0 Å². The van der Waals surface area contributed by atoms with Gasteiger partial charge in [0.2, 0.25) is 0 Å². The Morgan fingerprint density at radius 1 is 0.320 bits per heavy atom. The number of nitrogens with zero attached hydrogens (tertiary/aromatic N) is 1. The van der Waals surface area contributed by atoms with Gasteiger partial charge in [0.15, 0.2) is 0 Å². The summed E-state index contributed by atoms with van der Waals surface area (Å²) in [7, 11) is 0. The topological polar surface area (TPSA) is 18.1 Å². The van der Waals surface area contributed by atoms with Gasteiger partial charge in [0.05, 0.1) is 11.0 Å². The van der Waals surface area contributed by atoms with Gasteiger partial charge in [-0.1, -0.05) is 152 Å². The molecule has 0 spiro atoms. The van der Waals surface area contributed by atoms with E-state index in [4.69, 9.17) is 4.42 Å². The summed E-state index contributed by atoms with van der Waals surface area (Å²) < 4.78 is 8.69. The standard InChI is InChI=1S/C48H31NO/c1-2-9-32(10-3-1)33-17-19-36(20-18-33)38-27-30-46-44(31-38)41-11-4-6-15-45(41)49(46)39-28-25-35(26-29-39)34-21-23-37(24-22-34)40-13-8-14-43-42-12-5-7-16-47(42)50-48(40)43/h1-31H. The Morgan fingerprint density at radius 3 is 1.58 bits per heavy atom. The summed E-state index contributed by atoms with van der Waals surface area (Å²) in [6.45, 7) is 0. The number of benzene rings is 8. The van der Waals surface area contributed by atoms with Crippen molar-refractivity contribution in [1.29, 1.82) is 0 Å². The number of hydrogen-bond acceptors (Lipinski definition) is 1. The predicted octanol–water partition coefficient (Wildman–Crippen LogP) is 13.4. The van der Waals surface area contributed by atoms with Gasteiger partial charge in [-0.25, -0.2) is 0 Å². The van der Waals surface area contributed by atoms with Gasteiger partial charge in [-0.2, -0.15) is 0 Å². The predicted molar refractivity (Wildman–Crippen MR) is 210 cm³/mol. The molecule has 0 fully saturated rings. The average Bonchev–Trinajstić information content (AvgIpc) is 3.74. The number of fused-ring (bicyclic) bond motifs is 6. The van der Waals surface area contributed by atoms with Crippen molar-refractivity contribution in [2.24, 2.45) is 0 Å². The van der Waals surface area contributed by atoms with Crippen molar-refractivity contribution in [2.75, 3.05) is 0 Å². The minimum Gasteiger partial charge on any atom is -0.455 e. The third kappa shape index (κ3) is 4.65. The van der Waals surface area contributed by atoms with Gasteiger partial charge in [-0.05, 0) is 75.3 Å². The summed E-state index contributed by atoms with van der Waals surface area (Å²) in [6.07, 6.45) is 0. The molecule has 2 heterocycles. The molecule has 2 aromatic heterocycles. The molecule has 0 saturated carbocycles. The van der Waals surface area contributed by atoms with E-state index < -0.39 is 0 Å². The molecule has 234 valence electrons. The van der Waals surface area contributed by atoms with E-state index in [1.165, 1.54) is 55.2 Å². The van der Waals surface area contributed by atoms with Crippen LogP contribution in [-0.4, -0.2) is 4.57 Å². The van der Waals surface area contributed by atoms with Crippen LogP contribution in [0.5, 0.6) is 0 Å². The molecule has 0 bridgehead atoms. The lowest BCUT2D eigenvalue weighted by molar-refractivity contribution is 0.670. The van der Waals surface area contributed by atoms with E-state index in [1.807, 2.05) is 12.1 Å². The fourth-order valence-electron chi connectivity index (χ4n) is 7.54. The van der Waals surface area contributed by atoms with Crippen LogP contribution in [0.15, 0.2) is 192 Å². The normalized spacial score (nSPS) is 11.6. The second-order valence-electron chi connectivity index (χ2n) is 12.9. The maximum Gasteiger partial charge on any atom is 0.143 e. The lowest BCUT2D eigenvalue weighted by Crippen LogP contribution is -1.93. The second-order valence-corrected chi connectivity index (χ2v) is 12.9. The van der Waals surface area contributed by atoms with Crippen molar-refractivity contribution in [3.05, 3.63) is 188 Å². The minimum atomic E-state index is 0.921. The Kier molecular flexibility index (Phi) is 6.53. The third-order valence-electron chi connectivity index (χ3n) is 10.1. The first kappa shape index (κ1) is 28.4. The first-order chi connectivity index (χ1) is 24.8. The molecule has 10 aromatic rings. The van der Waals surface area contributed by atoms with E-state index in [-0.39, 0.29) is 0 Å². The van der Waals surface area contributed by atoms with Crippen molar-refractivity contribution in [1.82, 2.24) is 4.57 Å². The van der Waals surface area contributed by atoms with Gasteiger partial charge in [0, 0.05) is 32.8 Å². The number of hydrogen-bond donors (Lipinski definition) is 0. The summed E-state index contributed by atoms with van der Waals surface area (Å²) >= 11 is 0. The van der Waals surface area contributed by atoms with Crippen LogP contribution in [0.3, 0.4) is 0 Å². The molecule has 0 amide bonds. The van der Waals surface area contributed by atoms with Gasteiger partial charge in [0.25, 0.3) is 0 Å². The number of aromatic nitrogens is 1. The van der Waals surface area contributed by atoms with Crippen LogP contribution < -0.4 is 0 Å². The van der Waals surface area contributed by atoms with Crippen molar-refractivity contribution in [3.8, 4) is 50.2 Å². The SMILES string of the molecule is c1ccc(-c2ccc(-c3ccc4c(c3)c3ccccc3n4-c3ccc(-c4ccc(-c5cccc6c5oc5ccccc56)cc4)cc3)cc2)cc1. The Balaban J connectivity index is 0.978. The molecule has 0 radical (unpaired) electrons. The highest BCUT2D eigenvalue weighted by molar-refractivity contribution is 6.11. The van der Waals surface area contributed by atoms with E-state index in [1.54, 1.807) is 0 Å². The van der Waals surface area contributed by atoms with Crippen molar-refractivity contribution < 1.29 is 4.42 Å². The molecule has 0 aliphatic rings. The van der Waals surface area contributed by atoms with Crippen LogP contribution in [0.2, 0.25) is 0 Å². The molecule has 0 saturated heterocycles. The lowest BCUT2D eigenvalue weighted by Gasteiger charge is -2.10. The Morgan fingerprint density at radius 2 is 0.840 bits per heavy atom. The Hall–Kier alpha value is -6.64. The summed E-state index contributed by atoms with van der Waals surface area (Å²) in [5, 5.41) is 4.81. The van der Waals surface area contributed by atoms with Gasteiger partial charge in [0.1, 0.15) is 11.2 Å². The smallest absolute Gasteiger partial charge is 0.143 e. The van der Waals surface area contributed by atoms with Gasteiger partial charge in [-0.3, -0.25) is 0 Å². The molecule has 0 aliphatic heterocycles. The van der Waals surface area contributed by atoms with E-state index in [9.17, 15) is 0 Å². The molecule has 0 unspecified atom stereocenters. The Labute approximate surface area is 290 Å². The quantitative estimate of drug-likeness (QED) is 0.184. The van der Waals surface area contributed by atoms with Crippen molar-refractivity contribution in [3.63, 3.8) is 0 Å². The van der Waals surface area contributed by atoms with Crippen LogP contribution in [0.1, 0.15) is 0 Å². The molecule has 2 nitrogen and oxygen atoms in total. The van der Waals surface area contributed by atoms with Crippen LogP contribution in [0.4, 0.5) is 0 Å². The molecular weight excluding hydrogens is 607 g/mol. The van der Waals surface area contributed by atoms with Crippen molar-refractivity contribution in [2.45, 2.75) is 0 Å². The lowest BCUT2D eigenvalue weighted by atomic mass is 9.98. The van der Waals surface area contributed by atoms with Crippen LogP contribution in [-0.2, 0) is 0 Å². The largest absolute Gasteiger partial charge is 0.455 e. The van der Waals surface area contributed by atoms with Crippen molar-refractivity contribution >= 4 is 43.7 Å². The van der Waals surface area contributed by atoms with E-state index in [0.717, 1.165) is 38.8 Å². The van der Waals surface area contributed by atoms with Crippen LogP contribution in [0, 0.1) is 0 Å². The minimum absolute atomic E-state index is 0.921. The molecule has 0 aliphatic carbocycles. The summed E-state index contributed by atoms with van der Waals surface area (Å²) in [6, 6.07) is 67.4. The van der Waals surface area contributed by atoms with E-state index >= 15 is 0 Å². The number of para-hydroxylation sites is 3. The third-order valence-corrected chi connectivity index (χ3v) is 10.1. The zero-order valence-corrected chi connectivity index (χ0v) is 27.3. The zero-order valence-electron chi connectivity index (χ0n) is 27.3. The molecular formula is C48H31NO. The molecule has 50 heavy (non-hydrogen) atoms. The summed E-state index contributed by atoms with van der Waals surface area (Å²) in [5.41, 5.74) is 14.9. The van der Waals surface area contributed by atoms with Gasteiger partial charge < -0.3 is 8.98 Å². The first-order valence-electron chi connectivity index (χ1n) is 17.1. The number of furan rings is 1. The number of rotatable bonds is 5. The molecule has 2 heteroatoms. The average molecular weight is 638 g/mol. The van der Waals surface area contributed by atoms with Crippen LogP contribution in [0.25, 0.3) is 93.9 Å². The molecule has 10 rings (SSSR count). The van der Waals surface area contributed by atoms with E-state index in [2.05, 4.69) is 180 Å². The highest BCUT2D eigenvalue weighted by Gasteiger charge is 2.15. The highest BCUT2D eigenvalue weighted by atomic mass is 16.3. The monoisotopic (exact) mass is 637 g/mol. The zero-order chi connectivity index (χ0) is 33.0. The molecule has 8 aromatic carbocycles. The fourth-order valence-corrected chi connectivity index (χ4v) is 7.54. The Bertz CT molecular complexity index is 2820.